The van der Waals surface area contributed by atoms with Gasteiger partial charge in [-0.3, -0.25) is 4.79 Å². The van der Waals surface area contributed by atoms with E-state index in [2.05, 4.69) is 30.9 Å². The van der Waals surface area contributed by atoms with E-state index in [1.54, 1.807) is 44.7 Å². The van der Waals surface area contributed by atoms with Crippen molar-refractivity contribution in [2.24, 2.45) is 0 Å². The molecule has 182 valence electrons. The van der Waals surface area contributed by atoms with E-state index in [1.165, 1.54) is 6.08 Å². The highest BCUT2D eigenvalue weighted by Gasteiger charge is 2.06. The van der Waals surface area contributed by atoms with Crippen LogP contribution in [0, 0.1) is 6.92 Å². The predicted octanol–water partition coefficient (Wildman–Crippen LogP) is 5.34. The van der Waals surface area contributed by atoms with E-state index < -0.39 is 0 Å². The minimum absolute atomic E-state index is 0.248. The quantitative estimate of drug-likeness (QED) is 0.274. The fraction of sp³-hybridized carbons (Fsp3) is 0.111. The van der Waals surface area contributed by atoms with Crippen LogP contribution in [0.25, 0.3) is 6.08 Å². The molecule has 3 N–H and O–H groups in total. The monoisotopic (exact) mass is 482 g/mol. The van der Waals surface area contributed by atoms with Crippen molar-refractivity contribution in [3.8, 4) is 11.5 Å². The first-order valence-electron chi connectivity index (χ1n) is 11.1. The summed E-state index contributed by atoms with van der Waals surface area (Å²) >= 11 is 0. The Morgan fingerprint density at radius 3 is 2.22 bits per heavy atom. The lowest BCUT2D eigenvalue weighted by Crippen LogP contribution is -2.07. The number of aryl methyl sites for hydroxylation is 1. The van der Waals surface area contributed by atoms with Crippen LogP contribution in [-0.4, -0.2) is 35.1 Å². The molecule has 0 saturated heterocycles. The highest BCUT2D eigenvalue weighted by atomic mass is 16.5. The van der Waals surface area contributed by atoms with Crippen LogP contribution >= 0.6 is 0 Å². The standard InChI is InChI=1S/C27H26N6O3/c1-18-29-25(17-26(30-18)33-24-6-4-5-15-28-24)31-20-9-11-21(12-10-20)32-27(34)14-8-19-7-13-22(35-2)23(16-19)36-3/h4-17H,1-3H3,(H,32,34)(H2,28,29,30,31,33)/b14-8+. The minimum Gasteiger partial charge on any atom is -0.493 e. The largest absolute Gasteiger partial charge is 0.493 e. The third kappa shape index (κ3) is 6.57. The summed E-state index contributed by atoms with van der Waals surface area (Å²) in [5.41, 5.74) is 2.30. The first-order chi connectivity index (χ1) is 17.5. The van der Waals surface area contributed by atoms with Gasteiger partial charge in [0.1, 0.15) is 23.3 Å². The lowest BCUT2D eigenvalue weighted by atomic mass is 10.2. The third-order valence-electron chi connectivity index (χ3n) is 5.02. The van der Waals surface area contributed by atoms with Crippen LogP contribution < -0.4 is 25.4 Å². The number of hydrogen-bond donors (Lipinski definition) is 3. The molecular weight excluding hydrogens is 456 g/mol. The Kier molecular flexibility index (Phi) is 7.72. The van der Waals surface area contributed by atoms with Gasteiger partial charge in [0.2, 0.25) is 5.91 Å². The Hall–Kier alpha value is -4.92. The van der Waals surface area contributed by atoms with E-state index in [0.29, 0.717) is 40.5 Å². The molecule has 0 spiro atoms. The smallest absolute Gasteiger partial charge is 0.248 e. The summed E-state index contributed by atoms with van der Waals surface area (Å²) in [6.07, 6.45) is 4.89. The van der Waals surface area contributed by atoms with E-state index >= 15 is 0 Å². The second-order valence-corrected chi connectivity index (χ2v) is 7.66. The summed E-state index contributed by atoms with van der Waals surface area (Å²) in [7, 11) is 3.15. The van der Waals surface area contributed by atoms with Crippen molar-refractivity contribution in [2.75, 3.05) is 30.2 Å². The van der Waals surface area contributed by atoms with Crippen molar-refractivity contribution in [3.63, 3.8) is 0 Å². The Bertz CT molecular complexity index is 1360. The maximum Gasteiger partial charge on any atom is 0.248 e. The lowest BCUT2D eigenvalue weighted by Gasteiger charge is -2.10. The summed E-state index contributed by atoms with van der Waals surface area (Å²) in [6, 6.07) is 20.2. The number of benzene rings is 2. The molecule has 0 atom stereocenters. The number of amides is 1. The number of ether oxygens (including phenoxy) is 2. The molecule has 0 aliphatic carbocycles. The number of pyridine rings is 1. The summed E-state index contributed by atoms with van der Waals surface area (Å²) in [5, 5.41) is 9.27. The number of methoxy groups -OCH3 is 2. The van der Waals surface area contributed by atoms with Gasteiger partial charge in [-0.2, -0.15) is 0 Å². The van der Waals surface area contributed by atoms with E-state index in [0.717, 1.165) is 11.3 Å². The van der Waals surface area contributed by atoms with Crippen LogP contribution in [0.5, 0.6) is 11.5 Å². The lowest BCUT2D eigenvalue weighted by molar-refractivity contribution is -0.111. The third-order valence-corrected chi connectivity index (χ3v) is 5.02. The average molecular weight is 483 g/mol. The molecule has 9 nitrogen and oxygen atoms in total. The predicted molar refractivity (Wildman–Crippen MR) is 141 cm³/mol. The molecule has 36 heavy (non-hydrogen) atoms. The molecular formula is C27H26N6O3. The fourth-order valence-corrected chi connectivity index (χ4v) is 3.36. The second-order valence-electron chi connectivity index (χ2n) is 7.66. The topological polar surface area (TPSA) is 110 Å². The normalized spacial score (nSPS) is 10.6. The number of carbonyl (C=O) groups is 1. The van der Waals surface area contributed by atoms with Gasteiger partial charge in [0, 0.05) is 29.7 Å². The molecule has 9 heteroatoms. The number of anilines is 5. The van der Waals surface area contributed by atoms with Crippen LogP contribution in [0.4, 0.5) is 28.8 Å². The van der Waals surface area contributed by atoms with Crippen molar-refractivity contribution in [2.45, 2.75) is 6.92 Å². The minimum atomic E-state index is -0.248. The van der Waals surface area contributed by atoms with Gasteiger partial charge in [-0.25, -0.2) is 15.0 Å². The number of nitrogens with one attached hydrogen (secondary N) is 3. The van der Waals surface area contributed by atoms with Crippen LogP contribution in [0.3, 0.4) is 0 Å². The molecule has 2 aromatic heterocycles. The summed E-state index contributed by atoms with van der Waals surface area (Å²) < 4.78 is 10.5. The molecule has 0 fully saturated rings. The number of nitrogens with zero attached hydrogens (tertiary/aromatic N) is 3. The Balaban J connectivity index is 1.37. The molecule has 4 rings (SSSR count). The Labute approximate surface area is 209 Å². The van der Waals surface area contributed by atoms with Gasteiger partial charge in [-0.15, -0.1) is 0 Å². The SMILES string of the molecule is COc1ccc(/C=C/C(=O)Nc2ccc(Nc3cc(Nc4ccccn4)nc(C)n3)cc2)cc1OC. The zero-order chi connectivity index (χ0) is 25.3. The summed E-state index contributed by atoms with van der Waals surface area (Å²) in [5.74, 6) is 3.56. The molecule has 0 saturated carbocycles. The maximum atomic E-state index is 12.4. The Morgan fingerprint density at radius 2 is 1.53 bits per heavy atom. The number of aromatic nitrogens is 3. The first kappa shape index (κ1) is 24.2. The van der Waals surface area contributed by atoms with Crippen molar-refractivity contribution < 1.29 is 14.3 Å². The van der Waals surface area contributed by atoms with Gasteiger partial charge < -0.3 is 25.4 Å². The van der Waals surface area contributed by atoms with Gasteiger partial charge in [0.25, 0.3) is 0 Å². The molecule has 0 bridgehead atoms. The van der Waals surface area contributed by atoms with Crippen LogP contribution in [0.15, 0.2) is 79.0 Å². The second kappa shape index (κ2) is 11.5. The van der Waals surface area contributed by atoms with Crippen molar-refractivity contribution in [3.05, 3.63) is 90.4 Å². The van der Waals surface area contributed by atoms with E-state index in [1.807, 2.05) is 55.5 Å². The highest BCUT2D eigenvalue weighted by Crippen LogP contribution is 2.28. The van der Waals surface area contributed by atoms with Gasteiger partial charge in [-0.1, -0.05) is 12.1 Å². The zero-order valence-electron chi connectivity index (χ0n) is 20.1. The van der Waals surface area contributed by atoms with E-state index in [4.69, 9.17) is 9.47 Å². The molecule has 2 aromatic carbocycles. The van der Waals surface area contributed by atoms with Crippen LogP contribution in [-0.2, 0) is 4.79 Å². The molecule has 1 amide bonds. The van der Waals surface area contributed by atoms with Gasteiger partial charge in [0.15, 0.2) is 11.5 Å². The average Bonchev–Trinajstić information content (AvgIpc) is 2.88. The van der Waals surface area contributed by atoms with Gasteiger partial charge in [0.05, 0.1) is 14.2 Å². The van der Waals surface area contributed by atoms with E-state index in [-0.39, 0.29) is 5.91 Å². The molecule has 4 aromatic rings. The van der Waals surface area contributed by atoms with E-state index in [9.17, 15) is 4.79 Å². The van der Waals surface area contributed by atoms with Crippen LogP contribution in [0.2, 0.25) is 0 Å². The molecule has 0 radical (unpaired) electrons. The van der Waals surface area contributed by atoms with Crippen LogP contribution in [0.1, 0.15) is 11.4 Å². The fourth-order valence-electron chi connectivity index (χ4n) is 3.36. The molecule has 2 heterocycles. The highest BCUT2D eigenvalue weighted by molar-refractivity contribution is 6.02. The summed E-state index contributed by atoms with van der Waals surface area (Å²) in [4.78, 5) is 25.5. The van der Waals surface area contributed by atoms with Gasteiger partial charge >= 0.3 is 0 Å². The first-order valence-corrected chi connectivity index (χ1v) is 11.1. The number of rotatable bonds is 9. The van der Waals surface area contributed by atoms with Crippen molar-refractivity contribution in [1.29, 1.82) is 0 Å². The molecule has 0 aliphatic rings. The van der Waals surface area contributed by atoms with Crippen molar-refractivity contribution in [1.82, 2.24) is 15.0 Å². The number of hydrogen-bond acceptors (Lipinski definition) is 8. The van der Waals surface area contributed by atoms with Gasteiger partial charge in [-0.05, 0) is 67.1 Å². The maximum absolute atomic E-state index is 12.4. The summed E-state index contributed by atoms with van der Waals surface area (Å²) in [6.45, 7) is 1.82. The van der Waals surface area contributed by atoms with Crippen molar-refractivity contribution >= 4 is 40.8 Å². The molecule has 0 unspecified atom stereocenters. The Morgan fingerprint density at radius 1 is 0.806 bits per heavy atom. The zero-order valence-corrected chi connectivity index (χ0v) is 20.1. The molecule has 0 aliphatic heterocycles. The number of carbonyl (C=O) groups excluding carboxylic acids is 1.